The topological polar surface area (TPSA) is 104 Å². The van der Waals surface area contributed by atoms with E-state index in [1.165, 1.54) is 0 Å². The number of fused-ring (bicyclic) bond motifs is 1. The second-order valence-electron chi connectivity index (χ2n) is 7.79. The van der Waals surface area contributed by atoms with Crippen LogP contribution in [0.25, 0.3) is 10.9 Å². The standard InChI is InChI=1S/C25H28N4O4S/c1-2-34-23-13-19(33-29-23)15-27-24(30)22(12-18-14-26-21-11-7-6-10-20(18)21)28-25(31)32-16-17-8-4-3-5-9-17/h3-11,13-14,19,22,26,29H,2,12,15-16H2,1H3,(H,27,30)(H,28,31)/t19?,22-/m0/s1. The van der Waals surface area contributed by atoms with Crippen LogP contribution in [0.2, 0.25) is 0 Å². The van der Waals surface area contributed by atoms with Gasteiger partial charge in [-0.1, -0.05) is 55.5 Å². The second kappa shape index (κ2) is 11.6. The molecule has 1 aliphatic heterocycles. The van der Waals surface area contributed by atoms with Crippen LogP contribution < -0.4 is 16.1 Å². The maximum atomic E-state index is 13.1. The summed E-state index contributed by atoms with van der Waals surface area (Å²) in [6.07, 6.45) is 3.18. The molecule has 1 aromatic heterocycles. The summed E-state index contributed by atoms with van der Waals surface area (Å²) in [6.45, 7) is 2.46. The number of hydroxylamine groups is 1. The smallest absolute Gasteiger partial charge is 0.408 e. The van der Waals surface area contributed by atoms with Gasteiger partial charge in [0.05, 0.1) is 11.6 Å². The van der Waals surface area contributed by atoms with Crippen LogP contribution in [-0.4, -0.2) is 41.4 Å². The number of hydrogen-bond acceptors (Lipinski definition) is 6. The first kappa shape index (κ1) is 23.7. The molecule has 8 nitrogen and oxygen atoms in total. The summed E-state index contributed by atoms with van der Waals surface area (Å²) in [5, 5.41) is 7.56. The number of carbonyl (C=O) groups excluding carboxylic acids is 2. The highest BCUT2D eigenvalue weighted by Crippen LogP contribution is 2.20. The van der Waals surface area contributed by atoms with Crippen molar-refractivity contribution in [3.8, 4) is 0 Å². The molecule has 1 aliphatic rings. The van der Waals surface area contributed by atoms with Gasteiger partial charge in [-0.05, 0) is 29.0 Å². The maximum Gasteiger partial charge on any atom is 0.408 e. The van der Waals surface area contributed by atoms with Crippen LogP contribution in [0.1, 0.15) is 18.1 Å². The molecule has 0 saturated heterocycles. The van der Waals surface area contributed by atoms with Crippen LogP contribution in [0.3, 0.4) is 0 Å². The zero-order valence-electron chi connectivity index (χ0n) is 18.9. The molecular formula is C25H28N4O4S. The zero-order valence-corrected chi connectivity index (χ0v) is 19.7. The van der Waals surface area contributed by atoms with Crippen molar-refractivity contribution in [2.75, 3.05) is 12.3 Å². The summed E-state index contributed by atoms with van der Waals surface area (Å²) in [5.41, 5.74) is 5.63. The minimum atomic E-state index is -0.815. The van der Waals surface area contributed by atoms with Crippen molar-refractivity contribution in [3.63, 3.8) is 0 Å². The molecule has 34 heavy (non-hydrogen) atoms. The van der Waals surface area contributed by atoms with Crippen molar-refractivity contribution in [2.24, 2.45) is 0 Å². The molecule has 0 bridgehead atoms. The molecular weight excluding hydrogens is 452 g/mol. The molecule has 2 amide bonds. The lowest BCUT2D eigenvalue weighted by molar-refractivity contribution is -0.123. The fourth-order valence-corrected chi connectivity index (χ4v) is 4.33. The van der Waals surface area contributed by atoms with Gasteiger partial charge in [0.2, 0.25) is 5.91 Å². The molecule has 1 unspecified atom stereocenters. The van der Waals surface area contributed by atoms with Gasteiger partial charge in [-0.3, -0.25) is 15.1 Å². The lowest BCUT2D eigenvalue weighted by atomic mass is 10.0. The summed E-state index contributed by atoms with van der Waals surface area (Å²) in [6, 6.07) is 16.4. The van der Waals surface area contributed by atoms with E-state index >= 15 is 0 Å². The van der Waals surface area contributed by atoms with Crippen LogP contribution in [-0.2, 0) is 27.4 Å². The Labute approximate surface area is 202 Å². The normalized spacial score (nSPS) is 15.9. The SMILES string of the molecule is CCSC1=CC(CNC(=O)[C@H](Cc2c[nH]c3ccccc23)NC(=O)OCc2ccccc2)ON1. The average Bonchev–Trinajstić information content (AvgIpc) is 3.49. The number of aromatic nitrogens is 1. The molecule has 0 aliphatic carbocycles. The number of H-pyrrole nitrogens is 1. The Morgan fingerprint density at radius 2 is 1.94 bits per heavy atom. The second-order valence-corrected chi connectivity index (χ2v) is 9.10. The third kappa shape index (κ3) is 6.33. The number of aromatic amines is 1. The Morgan fingerprint density at radius 3 is 2.76 bits per heavy atom. The predicted molar refractivity (Wildman–Crippen MR) is 133 cm³/mol. The van der Waals surface area contributed by atoms with E-state index in [-0.39, 0.29) is 25.2 Å². The number of alkyl carbamates (subject to hydrolysis) is 1. The van der Waals surface area contributed by atoms with Gasteiger partial charge in [0.1, 0.15) is 18.8 Å². The number of ether oxygens (including phenoxy) is 1. The molecule has 2 aromatic carbocycles. The lowest BCUT2D eigenvalue weighted by Crippen LogP contribution is -2.49. The van der Waals surface area contributed by atoms with E-state index in [4.69, 9.17) is 9.57 Å². The lowest BCUT2D eigenvalue weighted by Gasteiger charge is -2.19. The van der Waals surface area contributed by atoms with Crippen LogP contribution in [0.4, 0.5) is 4.79 Å². The van der Waals surface area contributed by atoms with E-state index in [1.54, 1.807) is 11.8 Å². The highest BCUT2D eigenvalue weighted by Gasteiger charge is 2.25. The van der Waals surface area contributed by atoms with Crippen molar-refractivity contribution in [3.05, 3.63) is 83.0 Å². The molecule has 0 radical (unpaired) electrons. The fraction of sp³-hybridized carbons (Fsp3) is 0.280. The Bertz CT molecular complexity index is 1150. The van der Waals surface area contributed by atoms with Crippen LogP contribution >= 0.6 is 11.8 Å². The van der Waals surface area contributed by atoms with Crippen molar-refractivity contribution >= 4 is 34.7 Å². The summed E-state index contributed by atoms with van der Waals surface area (Å²) in [4.78, 5) is 34.3. The van der Waals surface area contributed by atoms with Gasteiger partial charge in [0.15, 0.2) is 0 Å². The summed E-state index contributed by atoms with van der Waals surface area (Å²) in [5.74, 6) is 0.610. The number of amides is 2. The molecule has 178 valence electrons. The van der Waals surface area contributed by atoms with Crippen LogP contribution in [0, 0.1) is 0 Å². The first-order valence-electron chi connectivity index (χ1n) is 11.2. The quantitative estimate of drug-likeness (QED) is 0.353. The Balaban J connectivity index is 1.41. The molecule has 2 atom stereocenters. The third-order valence-electron chi connectivity index (χ3n) is 5.35. The molecule has 0 saturated carbocycles. The minimum absolute atomic E-state index is 0.123. The Morgan fingerprint density at radius 1 is 1.15 bits per heavy atom. The van der Waals surface area contributed by atoms with Gasteiger partial charge < -0.3 is 20.4 Å². The van der Waals surface area contributed by atoms with Gasteiger partial charge in [-0.15, -0.1) is 11.8 Å². The van der Waals surface area contributed by atoms with Gasteiger partial charge in [0, 0.05) is 23.5 Å². The number of thioether (sulfide) groups is 1. The average molecular weight is 481 g/mol. The largest absolute Gasteiger partial charge is 0.445 e. The van der Waals surface area contributed by atoms with E-state index < -0.39 is 12.1 Å². The van der Waals surface area contributed by atoms with E-state index in [0.29, 0.717) is 6.42 Å². The van der Waals surface area contributed by atoms with E-state index in [2.05, 4.69) is 28.0 Å². The molecule has 3 aromatic rings. The van der Waals surface area contributed by atoms with Crippen LogP contribution in [0.5, 0.6) is 0 Å². The number of carbonyl (C=O) groups is 2. The molecule has 4 rings (SSSR count). The van der Waals surface area contributed by atoms with Crippen LogP contribution in [0.15, 0.2) is 71.9 Å². The Hall–Kier alpha value is -3.43. The van der Waals surface area contributed by atoms with Crippen molar-refractivity contribution in [2.45, 2.75) is 32.1 Å². The van der Waals surface area contributed by atoms with Gasteiger partial charge in [-0.25, -0.2) is 4.79 Å². The first-order valence-corrected chi connectivity index (χ1v) is 12.2. The molecule has 0 fully saturated rings. The highest BCUT2D eigenvalue weighted by atomic mass is 32.2. The molecule has 4 N–H and O–H groups in total. The molecule has 0 spiro atoms. The minimum Gasteiger partial charge on any atom is -0.445 e. The van der Waals surface area contributed by atoms with Gasteiger partial charge in [0.25, 0.3) is 0 Å². The summed E-state index contributed by atoms with van der Waals surface area (Å²) in [7, 11) is 0. The van der Waals surface area contributed by atoms with Crippen molar-refractivity contribution in [1.29, 1.82) is 0 Å². The van der Waals surface area contributed by atoms with E-state index in [1.807, 2.05) is 66.9 Å². The highest BCUT2D eigenvalue weighted by molar-refractivity contribution is 8.02. The number of nitrogens with one attached hydrogen (secondary N) is 4. The zero-order chi connectivity index (χ0) is 23.8. The van der Waals surface area contributed by atoms with E-state index in [0.717, 1.165) is 32.8 Å². The Kier molecular flexibility index (Phi) is 8.11. The fourth-order valence-electron chi connectivity index (χ4n) is 3.67. The van der Waals surface area contributed by atoms with Crippen molar-refractivity contribution < 1.29 is 19.2 Å². The van der Waals surface area contributed by atoms with Gasteiger partial charge in [-0.2, -0.15) is 0 Å². The monoisotopic (exact) mass is 480 g/mol. The van der Waals surface area contributed by atoms with E-state index in [9.17, 15) is 9.59 Å². The summed E-state index contributed by atoms with van der Waals surface area (Å²) >= 11 is 1.63. The predicted octanol–water partition coefficient (Wildman–Crippen LogP) is 3.62. The number of para-hydroxylation sites is 1. The molecule has 2 heterocycles. The number of benzene rings is 2. The summed E-state index contributed by atoms with van der Waals surface area (Å²) < 4.78 is 5.35. The van der Waals surface area contributed by atoms with Crippen molar-refractivity contribution in [1.82, 2.24) is 21.1 Å². The first-order chi connectivity index (χ1) is 16.6. The number of rotatable bonds is 10. The maximum absolute atomic E-state index is 13.1. The third-order valence-corrected chi connectivity index (χ3v) is 6.16. The molecule has 9 heteroatoms. The van der Waals surface area contributed by atoms with Gasteiger partial charge >= 0.3 is 6.09 Å². The number of hydrogen-bond donors (Lipinski definition) is 4.